The standard InChI is InChI=1S/C16H17NO4/c1-3-9-21-12-6-4-5-11(10-12)14-8-7-13(16(19)20)15(18)17(14)2/h4-8,10H,3,9H2,1-2H3,(H,19,20). The topological polar surface area (TPSA) is 68.5 Å². The van der Waals surface area contributed by atoms with Crippen LogP contribution in [0, 0.1) is 0 Å². The first kappa shape index (κ1) is 14.8. The van der Waals surface area contributed by atoms with Gasteiger partial charge in [-0.25, -0.2) is 4.79 Å². The molecule has 0 radical (unpaired) electrons. The molecule has 2 aromatic rings. The fourth-order valence-electron chi connectivity index (χ4n) is 2.05. The lowest BCUT2D eigenvalue weighted by molar-refractivity contribution is 0.0694. The van der Waals surface area contributed by atoms with Crippen LogP contribution >= 0.6 is 0 Å². The fraction of sp³-hybridized carbons (Fsp3) is 0.250. The number of ether oxygens (including phenoxy) is 1. The third-order valence-electron chi connectivity index (χ3n) is 3.14. The number of aromatic nitrogens is 1. The summed E-state index contributed by atoms with van der Waals surface area (Å²) in [5.74, 6) is -0.494. The van der Waals surface area contributed by atoms with Gasteiger partial charge in [0.15, 0.2) is 0 Å². The van der Waals surface area contributed by atoms with Gasteiger partial charge in [0.05, 0.1) is 12.3 Å². The van der Waals surface area contributed by atoms with E-state index in [0.717, 1.165) is 17.7 Å². The van der Waals surface area contributed by atoms with E-state index in [0.29, 0.717) is 12.3 Å². The van der Waals surface area contributed by atoms with Gasteiger partial charge in [-0.05, 0) is 30.7 Å². The lowest BCUT2D eigenvalue weighted by Gasteiger charge is -2.11. The van der Waals surface area contributed by atoms with Crippen LogP contribution in [0.1, 0.15) is 23.7 Å². The van der Waals surface area contributed by atoms with Crippen LogP contribution in [0.5, 0.6) is 5.75 Å². The molecule has 0 spiro atoms. The van der Waals surface area contributed by atoms with Gasteiger partial charge in [-0.1, -0.05) is 19.1 Å². The number of hydrogen-bond acceptors (Lipinski definition) is 3. The van der Waals surface area contributed by atoms with Crippen LogP contribution in [-0.4, -0.2) is 22.2 Å². The number of carbonyl (C=O) groups is 1. The molecule has 0 amide bonds. The van der Waals surface area contributed by atoms with Gasteiger partial charge in [-0.2, -0.15) is 0 Å². The van der Waals surface area contributed by atoms with Crippen LogP contribution in [0.3, 0.4) is 0 Å². The zero-order chi connectivity index (χ0) is 15.4. The summed E-state index contributed by atoms with van der Waals surface area (Å²) < 4.78 is 6.90. The van der Waals surface area contributed by atoms with Crippen molar-refractivity contribution in [2.75, 3.05) is 6.61 Å². The maximum Gasteiger partial charge on any atom is 0.341 e. The average Bonchev–Trinajstić information content (AvgIpc) is 2.47. The zero-order valence-electron chi connectivity index (χ0n) is 12.0. The van der Waals surface area contributed by atoms with Crippen molar-refractivity contribution in [1.82, 2.24) is 4.57 Å². The first-order chi connectivity index (χ1) is 10.0. The molecule has 0 atom stereocenters. The number of carboxylic acid groups (broad SMARTS) is 1. The molecule has 0 unspecified atom stereocenters. The van der Waals surface area contributed by atoms with Gasteiger partial charge in [0, 0.05) is 12.6 Å². The molecule has 0 aliphatic heterocycles. The summed E-state index contributed by atoms with van der Waals surface area (Å²) in [4.78, 5) is 23.0. The van der Waals surface area contributed by atoms with Crippen LogP contribution in [0.2, 0.25) is 0 Å². The molecule has 1 aromatic carbocycles. The van der Waals surface area contributed by atoms with E-state index in [2.05, 4.69) is 0 Å². The Labute approximate surface area is 122 Å². The summed E-state index contributed by atoms with van der Waals surface area (Å²) in [6.07, 6.45) is 0.913. The van der Waals surface area contributed by atoms with Crippen LogP contribution in [0.15, 0.2) is 41.2 Å². The predicted octanol–water partition coefficient (Wildman–Crippen LogP) is 2.54. The molecule has 0 aliphatic carbocycles. The molecule has 2 rings (SSSR count). The van der Waals surface area contributed by atoms with Crippen molar-refractivity contribution in [1.29, 1.82) is 0 Å². The second kappa shape index (κ2) is 6.26. The lowest BCUT2D eigenvalue weighted by atomic mass is 10.1. The molecule has 0 bridgehead atoms. The molecular weight excluding hydrogens is 270 g/mol. The summed E-state index contributed by atoms with van der Waals surface area (Å²) in [5.41, 5.74) is 0.687. The van der Waals surface area contributed by atoms with Crippen molar-refractivity contribution >= 4 is 5.97 Å². The largest absolute Gasteiger partial charge is 0.494 e. The van der Waals surface area contributed by atoms with Crippen molar-refractivity contribution in [3.05, 3.63) is 52.3 Å². The van der Waals surface area contributed by atoms with Crippen LogP contribution < -0.4 is 10.3 Å². The van der Waals surface area contributed by atoms with Crippen molar-refractivity contribution in [2.24, 2.45) is 7.05 Å². The number of benzene rings is 1. The van der Waals surface area contributed by atoms with Crippen LogP contribution in [0.4, 0.5) is 0 Å². The molecule has 0 saturated carbocycles. The van der Waals surface area contributed by atoms with Gasteiger partial charge in [0.1, 0.15) is 11.3 Å². The average molecular weight is 287 g/mol. The Morgan fingerprint density at radius 3 is 2.71 bits per heavy atom. The summed E-state index contributed by atoms with van der Waals surface area (Å²) in [6, 6.07) is 10.3. The highest BCUT2D eigenvalue weighted by atomic mass is 16.5. The van der Waals surface area contributed by atoms with Gasteiger partial charge < -0.3 is 14.4 Å². The predicted molar refractivity (Wildman–Crippen MR) is 79.9 cm³/mol. The molecule has 21 heavy (non-hydrogen) atoms. The van der Waals surface area contributed by atoms with Crippen molar-refractivity contribution in [3.8, 4) is 17.0 Å². The summed E-state index contributed by atoms with van der Waals surface area (Å²) >= 11 is 0. The minimum absolute atomic E-state index is 0.236. The molecule has 0 aliphatic rings. The van der Waals surface area contributed by atoms with E-state index in [1.54, 1.807) is 13.1 Å². The first-order valence-electron chi connectivity index (χ1n) is 6.71. The van der Waals surface area contributed by atoms with Crippen LogP contribution in [0.25, 0.3) is 11.3 Å². The summed E-state index contributed by atoms with van der Waals surface area (Å²) in [7, 11) is 1.56. The van der Waals surface area contributed by atoms with Crippen molar-refractivity contribution < 1.29 is 14.6 Å². The number of aromatic carboxylic acids is 1. The number of pyridine rings is 1. The maximum absolute atomic E-state index is 12.0. The van der Waals surface area contributed by atoms with Crippen LogP contribution in [-0.2, 0) is 7.05 Å². The van der Waals surface area contributed by atoms with E-state index in [1.807, 2.05) is 31.2 Å². The van der Waals surface area contributed by atoms with Crippen molar-refractivity contribution in [2.45, 2.75) is 13.3 Å². The highest BCUT2D eigenvalue weighted by molar-refractivity contribution is 5.87. The summed E-state index contributed by atoms with van der Waals surface area (Å²) in [5, 5.41) is 8.96. The minimum Gasteiger partial charge on any atom is -0.494 e. The molecule has 1 aromatic heterocycles. The molecule has 5 heteroatoms. The summed E-state index contributed by atoms with van der Waals surface area (Å²) in [6.45, 7) is 2.65. The van der Waals surface area contributed by atoms with E-state index < -0.39 is 11.5 Å². The van der Waals surface area contributed by atoms with Gasteiger partial charge in [-0.15, -0.1) is 0 Å². The second-order valence-corrected chi connectivity index (χ2v) is 4.68. The smallest absolute Gasteiger partial charge is 0.341 e. The number of carboxylic acids is 1. The molecule has 5 nitrogen and oxygen atoms in total. The number of rotatable bonds is 5. The third kappa shape index (κ3) is 3.13. The quantitative estimate of drug-likeness (QED) is 0.917. The Morgan fingerprint density at radius 1 is 1.29 bits per heavy atom. The van der Waals surface area contributed by atoms with Gasteiger partial charge in [0.2, 0.25) is 0 Å². The molecule has 0 saturated heterocycles. The van der Waals surface area contributed by atoms with Gasteiger partial charge in [0.25, 0.3) is 5.56 Å². The monoisotopic (exact) mass is 287 g/mol. The number of nitrogens with zero attached hydrogens (tertiary/aromatic N) is 1. The molecule has 110 valence electrons. The lowest BCUT2D eigenvalue weighted by Crippen LogP contribution is -2.25. The second-order valence-electron chi connectivity index (χ2n) is 4.68. The Kier molecular flexibility index (Phi) is 4.42. The Balaban J connectivity index is 2.45. The van der Waals surface area contributed by atoms with Gasteiger partial charge >= 0.3 is 5.97 Å². The van der Waals surface area contributed by atoms with Gasteiger partial charge in [-0.3, -0.25) is 4.79 Å². The highest BCUT2D eigenvalue weighted by Gasteiger charge is 2.13. The Hall–Kier alpha value is -2.56. The molecule has 1 heterocycles. The van der Waals surface area contributed by atoms with E-state index >= 15 is 0 Å². The van der Waals surface area contributed by atoms with E-state index in [1.165, 1.54) is 10.6 Å². The minimum atomic E-state index is -1.22. The Morgan fingerprint density at radius 2 is 2.05 bits per heavy atom. The maximum atomic E-state index is 12.0. The SMILES string of the molecule is CCCOc1cccc(-c2ccc(C(=O)O)c(=O)n2C)c1. The first-order valence-corrected chi connectivity index (χ1v) is 6.71. The molecule has 0 fully saturated rings. The highest BCUT2D eigenvalue weighted by Crippen LogP contribution is 2.23. The fourth-order valence-corrected chi connectivity index (χ4v) is 2.05. The normalized spacial score (nSPS) is 10.4. The van der Waals surface area contributed by atoms with E-state index in [9.17, 15) is 9.59 Å². The third-order valence-corrected chi connectivity index (χ3v) is 3.14. The van der Waals surface area contributed by atoms with Crippen molar-refractivity contribution in [3.63, 3.8) is 0 Å². The van der Waals surface area contributed by atoms with E-state index in [-0.39, 0.29) is 5.56 Å². The number of hydrogen-bond donors (Lipinski definition) is 1. The zero-order valence-corrected chi connectivity index (χ0v) is 12.0. The molecule has 1 N–H and O–H groups in total. The molecular formula is C16H17NO4. The Bertz CT molecular complexity index is 718. The van der Waals surface area contributed by atoms with E-state index in [4.69, 9.17) is 9.84 Å².